The summed E-state index contributed by atoms with van der Waals surface area (Å²) in [6.45, 7) is 3.77. The number of nitrogens with zero attached hydrogens (tertiary/aromatic N) is 2. The third-order valence-corrected chi connectivity index (χ3v) is 2.61. The van der Waals surface area contributed by atoms with E-state index in [9.17, 15) is 9.90 Å². The fourth-order valence-electron chi connectivity index (χ4n) is 1.85. The molecule has 1 saturated heterocycles. The zero-order valence-electron chi connectivity index (χ0n) is 9.29. The van der Waals surface area contributed by atoms with Gasteiger partial charge >= 0.3 is 0 Å². The highest BCUT2D eigenvalue weighted by Gasteiger charge is 2.40. The Kier molecular flexibility index (Phi) is 3.50. The Balaban J connectivity index is 2.24. The van der Waals surface area contributed by atoms with Gasteiger partial charge in [-0.3, -0.25) is 9.69 Å². The number of hydrogen-bond acceptors (Lipinski definition) is 3. The minimum atomic E-state index is -0.526. The van der Waals surface area contributed by atoms with Crippen molar-refractivity contribution in [2.45, 2.75) is 25.4 Å². The first-order valence-corrected chi connectivity index (χ1v) is 5.12. The number of carbonyl (C=O) groups excluding carboxylic acids is 1. The Morgan fingerprint density at radius 3 is 2.50 bits per heavy atom. The number of β-amino-alcohol motifs (C(OH)–C–C–N with tert-alkyl or cyclic N) is 1. The molecule has 1 aliphatic heterocycles. The molecule has 0 bridgehead atoms. The second-order valence-electron chi connectivity index (χ2n) is 4.41. The van der Waals surface area contributed by atoms with Crippen LogP contribution in [0, 0.1) is 0 Å². The van der Waals surface area contributed by atoms with Crippen LogP contribution in [0.4, 0.5) is 0 Å². The molecule has 0 aromatic rings. The van der Waals surface area contributed by atoms with Crippen molar-refractivity contribution >= 4 is 5.91 Å². The van der Waals surface area contributed by atoms with Gasteiger partial charge in [-0.15, -0.1) is 0 Å². The Morgan fingerprint density at radius 1 is 1.50 bits per heavy atom. The first kappa shape index (κ1) is 11.5. The molecule has 0 aromatic heterocycles. The lowest BCUT2D eigenvalue weighted by molar-refractivity contribution is -0.140. The monoisotopic (exact) mass is 200 g/mol. The van der Waals surface area contributed by atoms with Gasteiger partial charge in [0.15, 0.2) is 0 Å². The minimum Gasteiger partial charge on any atom is -0.387 e. The van der Waals surface area contributed by atoms with Gasteiger partial charge in [0.2, 0.25) is 5.91 Å². The van der Waals surface area contributed by atoms with Gasteiger partial charge in [-0.05, 0) is 6.42 Å². The Bertz CT molecular complexity index is 210. The topological polar surface area (TPSA) is 43.8 Å². The summed E-state index contributed by atoms with van der Waals surface area (Å²) in [5.74, 6) is 0.101. The van der Waals surface area contributed by atoms with E-state index in [4.69, 9.17) is 0 Å². The van der Waals surface area contributed by atoms with Crippen LogP contribution in [0.15, 0.2) is 0 Å². The molecule has 14 heavy (non-hydrogen) atoms. The molecule has 82 valence electrons. The number of likely N-dealkylation sites (tertiary alicyclic amines) is 1. The zero-order valence-corrected chi connectivity index (χ0v) is 9.29. The SMILES string of the molecule is CCCC1(O)CN(CC(=O)N(C)C)C1. The fraction of sp³-hybridized carbons (Fsp3) is 0.900. The van der Waals surface area contributed by atoms with E-state index in [0.717, 1.165) is 12.8 Å². The number of rotatable bonds is 4. The predicted octanol–water partition coefficient (Wildman–Crippen LogP) is -0.0786. The first-order chi connectivity index (χ1) is 6.47. The summed E-state index contributed by atoms with van der Waals surface area (Å²) >= 11 is 0. The third kappa shape index (κ3) is 2.69. The molecule has 0 saturated carbocycles. The van der Waals surface area contributed by atoms with E-state index in [1.165, 1.54) is 0 Å². The van der Waals surface area contributed by atoms with Crippen molar-refractivity contribution in [2.75, 3.05) is 33.7 Å². The van der Waals surface area contributed by atoms with Gasteiger partial charge in [-0.25, -0.2) is 0 Å². The summed E-state index contributed by atoms with van der Waals surface area (Å²) in [5, 5.41) is 9.87. The number of hydrogen-bond donors (Lipinski definition) is 1. The lowest BCUT2D eigenvalue weighted by Crippen LogP contribution is -2.63. The maximum absolute atomic E-state index is 11.3. The molecule has 0 spiro atoms. The van der Waals surface area contributed by atoms with Crippen molar-refractivity contribution in [3.63, 3.8) is 0 Å². The molecule has 0 aromatic carbocycles. The number of carbonyl (C=O) groups is 1. The molecular formula is C10H20N2O2. The zero-order chi connectivity index (χ0) is 10.8. The lowest BCUT2D eigenvalue weighted by Gasteiger charge is -2.46. The molecule has 1 N–H and O–H groups in total. The fourth-order valence-corrected chi connectivity index (χ4v) is 1.85. The van der Waals surface area contributed by atoms with Gasteiger partial charge in [-0.1, -0.05) is 13.3 Å². The third-order valence-electron chi connectivity index (χ3n) is 2.61. The highest BCUT2D eigenvalue weighted by Crippen LogP contribution is 2.25. The van der Waals surface area contributed by atoms with Crippen LogP contribution < -0.4 is 0 Å². The average Bonchev–Trinajstić information content (AvgIpc) is 2.01. The second-order valence-corrected chi connectivity index (χ2v) is 4.41. The van der Waals surface area contributed by atoms with Crippen LogP contribution in [0.2, 0.25) is 0 Å². The van der Waals surface area contributed by atoms with Crippen LogP contribution in [-0.4, -0.2) is 60.1 Å². The molecule has 1 heterocycles. The smallest absolute Gasteiger partial charge is 0.236 e. The van der Waals surface area contributed by atoms with Gasteiger partial charge in [0.1, 0.15) is 0 Å². The number of aliphatic hydroxyl groups is 1. The molecule has 4 heteroatoms. The number of amides is 1. The van der Waals surface area contributed by atoms with Crippen molar-refractivity contribution in [3.05, 3.63) is 0 Å². The van der Waals surface area contributed by atoms with Crippen LogP contribution in [0.1, 0.15) is 19.8 Å². The molecule has 1 aliphatic rings. The summed E-state index contributed by atoms with van der Waals surface area (Å²) in [6.07, 6.45) is 1.83. The summed E-state index contributed by atoms with van der Waals surface area (Å²) in [7, 11) is 3.50. The maximum Gasteiger partial charge on any atom is 0.236 e. The van der Waals surface area contributed by atoms with Crippen LogP contribution in [-0.2, 0) is 4.79 Å². The van der Waals surface area contributed by atoms with E-state index in [-0.39, 0.29) is 5.91 Å². The van der Waals surface area contributed by atoms with E-state index in [1.807, 2.05) is 4.90 Å². The van der Waals surface area contributed by atoms with E-state index in [2.05, 4.69) is 6.92 Å². The van der Waals surface area contributed by atoms with Gasteiger partial charge in [-0.2, -0.15) is 0 Å². The van der Waals surface area contributed by atoms with Crippen LogP contribution in [0.3, 0.4) is 0 Å². The highest BCUT2D eigenvalue weighted by atomic mass is 16.3. The van der Waals surface area contributed by atoms with Crippen LogP contribution >= 0.6 is 0 Å². The van der Waals surface area contributed by atoms with Gasteiger partial charge in [0, 0.05) is 27.2 Å². The first-order valence-electron chi connectivity index (χ1n) is 5.12. The molecule has 1 amide bonds. The minimum absolute atomic E-state index is 0.101. The largest absolute Gasteiger partial charge is 0.387 e. The number of likely N-dealkylation sites (N-methyl/N-ethyl adjacent to an activating group) is 1. The molecule has 0 atom stereocenters. The summed E-state index contributed by atoms with van der Waals surface area (Å²) in [6, 6.07) is 0. The van der Waals surface area contributed by atoms with Crippen molar-refractivity contribution in [3.8, 4) is 0 Å². The van der Waals surface area contributed by atoms with E-state index < -0.39 is 5.60 Å². The van der Waals surface area contributed by atoms with Gasteiger partial charge in [0.25, 0.3) is 0 Å². The van der Waals surface area contributed by atoms with Crippen molar-refractivity contribution in [2.24, 2.45) is 0 Å². The van der Waals surface area contributed by atoms with Gasteiger partial charge in [0.05, 0.1) is 12.1 Å². The Hall–Kier alpha value is -0.610. The molecule has 0 aliphatic carbocycles. The molecule has 1 fully saturated rings. The molecular weight excluding hydrogens is 180 g/mol. The molecule has 0 unspecified atom stereocenters. The predicted molar refractivity (Wildman–Crippen MR) is 55.0 cm³/mol. The quantitative estimate of drug-likeness (QED) is 0.690. The molecule has 1 rings (SSSR count). The van der Waals surface area contributed by atoms with E-state index in [0.29, 0.717) is 19.6 Å². The molecule has 4 nitrogen and oxygen atoms in total. The highest BCUT2D eigenvalue weighted by molar-refractivity contribution is 5.77. The van der Waals surface area contributed by atoms with Crippen molar-refractivity contribution < 1.29 is 9.90 Å². The summed E-state index contributed by atoms with van der Waals surface area (Å²) in [4.78, 5) is 14.9. The maximum atomic E-state index is 11.3. The Labute approximate surface area is 85.5 Å². The van der Waals surface area contributed by atoms with E-state index in [1.54, 1.807) is 19.0 Å². The normalized spacial score (nSPS) is 20.3. The second kappa shape index (κ2) is 4.28. The van der Waals surface area contributed by atoms with Crippen LogP contribution in [0.25, 0.3) is 0 Å². The van der Waals surface area contributed by atoms with E-state index >= 15 is 0 Å². The standard InChI is InChI=1S/C10H20N2O2/c1-4-5-10(14)7-12(8-10)6-9(13)11(2)3/h14H,4-8H2,1-3H3. The Morgan fingerprint density at radius 2 is 2.07 bits per heavy atom. The van der Waals surface area contributed by atoms with Crippen molar-refractivity contribution in [1.82, 2.24) is 9.80 Å². The van der Waals surface area contributed by atoms with Crippen molar-refractivity contribution in [1.29, 1.82) is 0 Å². The summed E-state index contributed by atoms with van der Waals surface area (Å²) < 4.78 is 0. The van der Waals surface area contributed by atoms with Crippen LogP contribution in [0.5, 0.6) is 0 Å². The van der Waals surface area contributed by atoms with Gasteiger partial charge < -0.3 is 10.0 Å². The molecule has 0 radical (unpaired) electrons. The summed E-state index contributed by atoms with van der Waals surface area (Å²) in [5.41, 5.74) is -0.526. The lowest BCUT2D eigenvalue weighted by atomic mass is 9.89. The average molecular weight is 200 g/mol.